The number of nitrogens with one attached hydrogen (secondary N) is 1. The first-order chi connectivity index (χ1) is 17.2. The summed E-state index contributed by atoms with van der Waals surface area (Å²) < 4.78 is 25.0. The van der Waals surface area contributed by atoms with E-state index >= 15 is 0 Å². The van der Waals surface area contributed by atoms with Gasteiger partial charge in [0.2, 0.25) is 0 Å². The molecule has 1 fully saturated rings. The maximum atomic E-state index is 14.0. The number of barbiturate groups is 1. The standard InChI is InChI=1S/C27H22ClFN2O5/c1-15-8-9-16(2)22(10-15)31-26(33)19(25(32)30-27(31)34)11-17-12-20(28)24(23(13-17)35-3)36-14-18-6-4-5-7-21(18)29/h4-13H,14H2,1-3H3,(H,30,32,34)/b19-11+. The predicted octanol–water partition coefficient (Wildman–Crippen LogP) is 5.35. The number of carbonyl (C=O) groups excluding carboxylic acids is 3. The van der Waals surface area contributed by atoms with Gasteiger partial charge in [0.1, 0.15) is 18.0 Å². The molecular formula is C27H22ClFN2O5. The van der Waals surface area contributed by atoms with Gasteiger partial charge in [-0.3, -0.25) is 14.9 Å². The quantitative estimate of drug-likeness (QED) is 0.358. The number of amides is 4. The zero-order valence-corrected chi connectivity index (χ0v) is 20.5. The van der Waals surface area contributed by atoms with Crippen molar-refractivity contribution in [2.45, 2.75) is 20.5 Å². The Morgan fingerprint density at radius 3 is 2.53 bits per heavy atom. The number of benzene rings is 3. The lowest BCUT2D eigenvalue weighted by atomic mass is 10.0. The van der Waals surface area contributed by atoms with Gasteiger partial charge in [0.05, 0.1) is 17.8 Å². The molecule has 3 aromatic carbocycles. The second kappa shape index (κ2) is 10.2. The molecule has 3 aromatic rings. The van der Waals surface area contributed by atoms with Crippen molar-refractivity contribution in [1.82, 2.24) is 5.32 Å². The van der Waals surface area contributed by atoms with E-state index in [-0.39, 0.29) is 28.7 Å². The lowest BCUT2D eigenvalue weighted by molar-refractivity contribution is -0.122. The second-order valence-electron chi connectivity index (χ2n) is 8.16. The molecule has 4 amide bonds. The fourth-order valence-electron chi connectivity index (χ4n) is 3.73. The fraction of sp³-hybridized carbons (Fsp3) is 0.148. The lowest BCUT2D eigenvalue weighted by Crippen LogP contribution is -2.54. The molecule has 9 heteroatoms. The molecule has 1 N–H and O–H groups in total. The Morgan fingerprint density at radius 1 is 1.06 bits per heavy atom. The van der Waals surface area contributed by atoms with E-state index in [1.807, 2.05) is 13.0 Å². The number of hydrogen-bond acceptors (Lipinski definition) is 5. The zero-order chi connectivity index (χ0) is 26.0. The third kappa shape index (κ3) is 4.94. The van der Waals surface area contributed by atoms with E-state index in [0.717, 1.165) is 10.5 Å². The fourth-order valence-corrected chi connectivity index (χ4v) is 4.01. The second-order valence-corrected chi connectivity index (χ2v) is 8.57. The van der Waals surface area contributed by atoms with Crippen LogP contribution < -0.4 is 19.7 Å². The molecule has 1 heterocycles. The van der Waals surface area contributed by atoms with Crippen molar-refractivity contribution in [3.05, 3.63) is 93.3 Å². The first-order valence-corrected chi connectivity index (χ1v) is 11.3. The smallest absolute Gasteiger partial charge is 0.335 e. The van der Waals surface area contributed by atoms with E-state index in [2.05, 4.69) is 5.32 Å². The minimum atomic E-state index is -0.832. The molecule has 36 heavy (non-hydrogen) atoms. The molecule has 0 atom stereocenters. The third-order valence-corrected chi connectivity index (χ3v) is 5.88. The molecule has 1 saturated heterocycles. The number of nitrogens with zero attached hydrogens (tertiary/aromatic N) is 1. The van der Waals surface area contributed by atoms with Gasteiger partial charge in [0.25, 0.3) is 11.8 Å². The van der Waals surface area contributed by atoms with Crippen molar-refractivity contribution in [2.75, 3.05) is 12.0 Å². The van der Waals surface area contributed by atoms with Crippen molar-refractivity contribution in [2.24, 2.45) is 0 Å². The molecule has 0 radical (unpaired) electrons. The number of urea groups is 1. The SMILES string of the molecule is COc1cc(/C=C2\C(=O)NC(=O)N(c3cc(C)ccc3C)C2=O)cc(Cl)c1OCc1ccccc1F. The zero-order valence-electron chi connectivity index (χ0n) is 19.7. The normalized spacial score (nSPS) is 14.8. The van der Waals surface area contributed by atoms with Gasteiger partial charge < -0.3 is 9.47 Å². The highest BCUT2D eigenvalue weighted by molar-refractivity contribution is 6.39. The highest BCUT2D eigenvalue weighted by atomic mass is 35.5. The summed E-state index contributed by atoms with van der Waals surface area (Å²) in [6.45, 7) is 3.51. The summed E-state index contributed by atoms with van der Waals surface area (Å²) in [4.78, 5) is 39.3. The summed E-state index contributed by atoms with van der Waals surface area (Å²) in [6.07, 6.45) is 1.32. The highest BCUT2D eigenvalue weighted by Gasteiger charge is 2.37. The van der Waals surface area contributed by atoms with Crippen LogP contribution in [0, 0.1) is 19.7 Å². The molecule has 0 bridgehead atoms. The van der Waals surface area contributed by atoms with Crippen molar-refractivity contribution < 1.29 is 28.2 Å². The first kappa shape index (κ1) is 24.9. The lowest BCUT2D eigenvalue weighted by Gasteiger charge is -2.27. The Kier molecular flexibility index (Phi) is 7.07. The summed E-state index contributed by atoms with van der Waals surface area (Å²) in [5.74, 6) is -1.62. The summed E-state index contributed by atoms with van der Waals surface area (Å²) in [7, 11) is 1.40. The summed E-state index contributed by atoms with van der Waals surface area (Å²) in [5, 5.41) is 2.34. The van der Waals surface area contributed by atoms with Crippen molar-refractivity contribution in [1.29, 1.82) is 0 Å². The van der Waals surface area contributed by atoms with Crippen LogP contribution in [0.15, 0.2) is 60.2 Å². The van der Waals surface area contributed by atoms with Crippen LogP contribution in [0.5, 0.6) is 11.5 Å². The van der Waals surface area contributed by atoms with Crippen LogP contribution in [0.2, 0.25) is 5.02 Å². The van der Waals surface area contributed by atoms with Crippen LogP contribution in [0.4, 0.5) is 14.9 Å². The molecule has 0 spiro atoms. The van der Waals surface area contributed by atoms with Crippen LogP contribution in [0.1, 0.15) is 22.3 Å². The number of carbonyl (C=O) groups is 3. The van der Waals surface area contributed by atoms with Gasteiger partial charge in [0, 0.05) is 5.56 Å². The minimum Gasteiger partial charge on any atom is -0.493 e. The van der Waals surface area contributed by atoms with Gasteiger partial charge >= 0.3 is 6.03 Å². The Labute approximate surface area is 212 Å². The van der Waals surface area contributed by atoms with E-state index in [1.165, 1.54) is 31.4 Å². The van der Waals surface area contributed by atoms with Crippen LogP contribution in [0.3, 0.4) is 0 Å². The van der Waals surface area contributed by atoms with Gasteiger partial charge in [-0.25, -0.2) is 14.1 Å². The molecule has 4 rings (SSSR count). The number of halogens is 2. The number of imide groups is 2. The van der Waals surface area contributed by atoms with E-state index < -0.39 is 23.7 Å². The largest absolute Gasteiger partial charge is 0.493 e. The van der Waals surface area contributed by atoms with Crippen molar-refractivity contribution >= 4 is 41.2 Å². The average molecular weight is 509 g/mol. The van der Waals surface area contributed by atoms with E-state index in [9.17, 15) is 18.8 Å². The molecule has 0 unspecified atom stereocenters. The van der Waals surface area contributed by atoms with Crippen molar-refractivity contribution in [3.63, 3.8) is 0 Å². The van der Waals surface area contributed by atoms with Crippen LogP contribution >= 0.6 is 11.6 Å². The van der Waals surface area contributed by atoms with Crippen LogP contribution in [-0.2, 0) is 16.2 Å². The number of anilines is 1. The first-order valence-electron chi connectivity index (χ1n) is 10.9. The van der Waals surface area contributed by atoms with Gasteiger partial charge in [-0.05, 0) is 60.9 Å². The number of ether oxygens (including phenoxy) is 2. The number of hydrogen-bond donors (Lipinski definition) is 1. The molecule has 7 nitrogen and oxygen atoms in total. The molecule has 0 aliphatic carbocycles. The van der Waals surface area contributed by atoms with Gasteiger partial charge in [-0.2, -0.15) is 0 Å². The van der Waals surface area contributed by atoms with Gasteiger partial charge in [0.15, 0.2) is 11.5 Å². The average Bonchev–Trinajstić information content (AvgIpc) is 2.83. The Bertz CT molecular complexity index is 1420. The maximum Gasteiger partial charge on any atom is 0.335 e. The van der Waals surface area contributed by atoms with E-state index in [1.54, 1.807) is 37.3 Å². The molecule has 1 aliphatic rings. The summed E-state index contributed by atoms with van der Waals surface area (Å²) in [6, 6.07) is 13.7. The van der Waals surface area contributed by atoms with E-state index in [4.69, 9.17) is 21.1 Å². The molecule has 184 valence electrons. The Morgan fingerprint density at radius 2 is 1.81 bits per heavy atom. The Balaban J connectivity index is 1.67. The maximum absolute atomic E-state index is 14.0. The van der Waals surface area contributed by atoms with Gasteiger partial charge in [-0.1, -0.05) is 41.9 Å². The number of rotatable bonds is 6. The monoisotopic (exact) mass is 508 g/mol. The third-order valence-electron chi connectivity index (χ3n) is 5.60. The molecular weight excluding hydrogens is 487 g/mol. The Hall–Kier alpha value is -4.17. The number of methoxy groups -OCH3 is 1. The van der Waals surface area contributed by atoms with Gasteiger partial charge in [-0.15, -0.1) is 0 Å². The summed E-state index contributed by atoms with van der Waals surface area (Å²) >= 11 is 6.42. The molecule has 0 aromatic heterocycles. The minimum absolute atomic E-state index is 0.0863. The topological polar surface area (TPSA) is 84.9 Å². The van der Waals surface area contributed by atoms with E-state index in [0.29, 0.717) is 22.4 Å². The van der Waals surface area contributed by atoms with Crippen LogP contribution in [0.25, 0.3) is 6.08 Å². The molecule has 1 aliphatic heterocycles. The highest BCUT2D eigenvalue weighted by Crippen LogP contribution is 2.38. The number of aryl methyl sites for hydroxylation is 2. The molecule has 0 saturated carbocycles. The van der Waals surface area contributed by atoms with Crippen LogP contribution in [-0.4, -0.2) is 25.0 Å². The van der Waals surface area contributed by atoms with Crippen molar-refractivity contribution in [3.8, 4) is 11.5 Å². The summed E-state index contributed by atoms with van der Waals surface area (Å²) in [5.41, 5.74) is 2.36. The predicted molar refractivity (Wildman–Crippen MR) is 134 cm³/mol.